The van der Waals surface area contributed by atoms with Gasteiger partial charge in [0.15, 0.2) is 0 Å². The molecule has 0 aromatic rings. The van der Waals surface area contributed by atoms with Crippen molar-refractivity contribution in [3.05, 3.63) is 0 Å². The summed E-state index contributed by atoms with van der Waals surface area (Å²) in [5, 5.41) is 2.59. The van der Waals surface area contributed by atoms with Crippen LogP contribution in [0.4, 0.5) is 0 Å². The van der Waals surface area contributed by atoms with Crippen LogP contribution in [-0.4, -0.2) is 61.3 Å². The summed E-state index contributed by atoms with van der Waals surface area (Å²) in [6.45, 7) is 2.74. The summed E-state index contributed by atoms with van der Waals surface area (Å²) >= 11 is 0. The third-order valence-corrected chi connectivity index (χ3v) is 3.41. The van der Waals surface area contributed by atoms with Crippen LogP contribution < -0.4 is 11.1 Å². The van der Waals surface area contributed by atoms with Crippen LogP contribution in [0.25, 0.3) is 0 Å². The first-order valence-corrected chi connectivity index (χ1v) is 7.36. The Balaban J connectivity index is 2.08. The monoisotopic (exact) mass is 313 g/mol. The molecule has 3 amide bonds. The Morgan fingerprint density at radius 1 is 1.50 bits per heavy atom. The van der Waals surface area contributed by atoms with Crippen LogP contribution in [0.3, 0.4) is 0 Å². The van der Waals surface area contributed by atoms with Gasteiger partial charge >= 0.3 is 0 Å². The summed E-state index contributed by atoms with van der Waals surface area (Å²) in [5.41, 5.74) is 5.58. The lowest BCUT2D eigenvalue weighted by Crippen LogP contribution is -2.42. The molecule has 1 heterocycles. The van der Waals surface area contributed by atoms with E-state index in [0.717, 1.165) is 6.29 Å². The predicted octanol–water partition coefficient (Wildman–Crippen LogP) is -1.18. The number of imide groups is 1. The lowest BCUT2D eigenvalue weighted by atomic mass is 10.1. The third kappa shape index (κ3) is 5.53. The number of amides is 3. The number of carbonyl (C=O) groups excluding carboxylic acids is 4. The average molecular weight is 313 g/mol. The first kappa shape index (κ1) is 18.2. The number of hydrogen-bond donors (Lipinski definition) is 2. The molecule has 0 aromatic carbocycles. The van der Waals surface area contributed by atoms with E-state index in [1.54, 1.807) is 6.92 Å². The number of nitrogens with two attached hydrogens (primary N) is 1. The predicted molar refractivity (Wildman–Crippen MR) is 77.6 cm³/mol. The Labute approximate surface area is 129 Å². The molecule has 124 valence electrons. The number of ether oxygens (including phenoxy) is 1. The van der Waals surface area contributed by atoms with Crippen molar-refractivity contribution in [3.63, 3.8) is 0 Å². The molecule has 8 nitrogen and oxygen atoms in total. The number of rotatable bonds is 10. The highest BCUT2D eigenvalue weighted by atomic mass is 16.5. The van der Waals surface area contributed by atoms with Gasteiger partial charge in [-0.1, -0.05) is 6.92 Å². The van der Waals surface area contributed by atoms with Gasteiger partial charge in [0.05, 0.1) is 25.8 Å². The second-order valence-corrected chi connectivity index (χ2v) is 5.24. The van der Waals surface area contributed by atoms with E-state index < -0.39 is 6.04 Å². The second kappa shape index (κ2) is 9.26. The van der Waals surface area contributed by atoms with Gasteiger partial charge in [0.1, 0.15) is 6.29 Å². The molecular formula is C14H23N3O5. The Bertz CT molecular complexity index is 427. The number of nitrogens with one attached hydrogen (secondary N) is 1. The van der Waals surface area contributed by atoms with E-state index in [-0.39, 0.29) is 62.8 Å². The quantitative estimate of drug-likeness (QED) is 0.298. The van der Waals surface area contributed by atoms with Crippen LogP contribution in [0.2, 0.25) is 0 Å². The number of aldehydes is 1. The fraction of sp³-hybridized carbons (Fsp3) is 0.714. The number of hydrogen-bond acceptors (Lipinski definition) is 6. The standard InChI is InChI=1S/C14H23N3O5/c1-10-9-12(19)17(14(10)21)5-8-22-7-4-16-13(20)11(15)3-2-6-18/h6,10-11H,2-5,7-9,15H2,1H3,(H,16,20). The average Bonchev–Trinajstić information content (AvgIpc) is 2.73. The maximum absolute atomic E-state index is 11.6. The van der Waals surface area contributed by atoms with Gasteiger partial charge in [-0.2, -0.15) is 0 Å². The molecule has 1 aliphatic heterocycles. The normalized spacial score (nSPS) is 19.4. The molecule has 1 saturated heterocycles. The Morgan fingerprint density at radius 2 is 2.23 bits per heavy atom. The molecule has 2 atom stereocenters. The molecule has 0 bridgehead atoms. The summed E-state index contributed by atoms with van der Waals surface area (Å²) < 4.78 is 5.28. The fourth-order valence-electron chi connectivity index (χ4n) is 2.10. The van der Waals surface area contributed by atoms with Crippen molar-refractivity contribution < 1.29 is 23.9 Å². The van der Waals surface area contributed by atoms with Gasteiger partial charge < -0.3 is 20.6 Å². The van der Waals surface area contributed by atoms with Crippen LogP contribution >= 0.6 is 0 Å². The number of likely N-dealkylation sites (tertiary alicyclic amines) is 1. The number of carbonyl (C=O) groups is 4. The molecule has 1 fully saturated rings. The minimum atomic E-state index is -0.702. The van der Waals surface area contributed by atoms with Crippen molar-refractivity contribution in [1.29, 1.82) is 0 Å². The van der Waals surface area contributed by atoms with Gasteiger partial charge in [-0.3, -0.25) is 19.3 Å². The molecule has 0 aliphatic carbocycles. The van der Waals surface area contributed by atoms with Crippen molar-refractivity contribution in [2.24, 2.45) is 11.7 Å². The lowest BCUT2D eigenvalue weighted by Gasteiger charge is -2.15. The van der Waals surface area contributed by atoms with Crippen molar-refractivity contribution in [1.82, 2.24) is 10.2 Å². The fourth-order valence-corrected chi connectivity index (χ4v) is 2.10. The molecule has 8 heteroatoms. The van der Waals surface area contributed by atoms with E-state index in [0.29, 0.717) is 6.42 Å². The Hall–Kier alpha value is -1.80. The lowest BCUT2D eigenvalue weighted by molar-refractivity contribution is -0.140. The minimum absolute atomic E-state index is 0.164. The zero-order valence-electron chi connectivity index (χ0n) is 12.7. The van der Waals surface area contributed by atoms with E-state index in [2.05, 4.69) is 5.32 Å². The topological polar surface area (TPSA) is 119 Å². The largest absolute Gasteiger partial charge is 0.378 e. The summed E-state index contributed by atoms with van der Waals surface area (Å²) in [5.74, 6) is -0.914. The molecule has 3 N–H and O–H groups in total. The molecule has 0 saturated carbocycles. The van der Waals surface area contributed by atoms with Gasteiger partial charge in [0.2, 0.25) is 17.7 Å². The molecule has 22 heavy (non-hydrogen) atoms. The van der Waals surface area contributed by atoms with E-state index in [1.807, 2.05) is 0 Å². The van der Waals surface area contributed by atoms with Gasteiger partial charge in [0.25, 0.3) is 0 Å². The first-order chi connectivity index (χ1) is 10.5. The molecule has 0 spiro atoms. The maximum Gasteiger partial charge on any atom is 0.237 e. The SMILES string of the molecule is CC1CC(=O)N(CCOCCNC(=O)C(N)CCC=O)C1=O. The van der Waals surface area contributed by atoms with Crippen molar-refractivity contribution in [2.75, 3.05) is 26.3 Å². The molecule has 1 rings (SSSR count). The Morgan fingerprint density at radius 3 is 2.82 bits per heavy atom. The number of nitrogens with zero attached hydrogens (tertiary/aromatic N) is 1. The van der Waals surface area contributed by atoms with Crippen LogP contribution in [-0.2, 0) is 23.9 Å². The van der Waals surface area contributed by atoms with Crippen LogP contribution in [0, 0.1) is 5.92 Å². The molecule has 0 aromatic heterocycles. The second-order valence-electron chi connectivity index (χ2n) is 5.24. The molecule has 2 unspecified atom stereocenters. The van der Waals surface area contributed by atoms with Crippen molar-refractivity contribution in [2.45, 2.75) is 32.2 Å². The van der Waals surface area contributed by atoms with E-state index in [4.69, 9.17) is 10.5 Å². The van der Waals surface area contributed by atoms with Crippen LogP contribution in [0.15, 0.2) is 0 Å². The zero-order chi connectivity index (χ0) is 16.5. The van der Waals surface area contributed by atoms with Crippen LogP contribution in [0.1, 0.15) is 26.2 Å². The highest BCUT2D eigenvalue weighted by Gasteiger charge is 2.34. The van der Waals surface area contributed by atoms with Gasteiger partial charge in [-0.15, -0.1) is 0 Å². The van der Waals surface area contributed by atoms with E-state index >= 15 is 0 Å². The van der Waals surface area contributed by atoms with E-state index in [9.17, 15) is 19.2 Å². The van der Waals surface area contributed by atoms with E-state index in [1.165, 1.54) is 4.90 Å². The highest BCUT2D eigenvalue weighted by molar-refractivity contribution is 6.03. The maximum atomic E-state index is 11.6. The molecule has 0 radical (unpaired) electrons. The molecule has 1 aliphatic rings. The zero-order valence-corrected chi connectivity index (χ0v) is 12.7. The first-order valence-electron chi connectivity index (χ1n) is 7.36. The molecular weight excluding hydrogens is 290 g/mol. The van der Waals surface area contributed by atoms with Crippen LogP contribution in [0.5, 0.6) is 0 Å². The Kier molecular flexibility index (Phi) is 7.69. The summed E-state index contributed by atoms with van der Waals surface area (Å²) in [7, 11) is 0. The summed E-state index contributed by atoms with van der Waals surface area (Å²) in [6.07, 6.45) is 1.54. The summed E-state index contributed by atoms with van der Waals surface area (Å²) in [6, 6.07) is -0.702. The highest BCUT2D eigenvalue weighted by Crippen LogP contribution is 2.17. The van der Waals surface area contributed by atoms with Gasteiger partial charge in [0, 0.05) is 25.3 Å². The minimum Gasteiger partial charge on any atom is -0.378 e. The van der Waals surface area contributed by atoms with Crippen molar-refractivity contribution in [3.8, 4) is 0 Å². The smallest absolute Gasteiger partial charge is 0.237 e. The van der Waals surface area contributed by atoms with Crippen molar-refractivity contribution >= 4 is 24.0 Å². The summed E-state index contributed by atoms with van der Waals surface area (Å²) in [4.78, 5) is 46.1. The van der Waals surface area contributed by atoms with Gasteiger partial charge in [-0.25, -0.2) is 0 Å². The third-order valence-electron chi connectivity index (χ3n) is 3.41. The van der Waals surface area contributed by atoms with Gasteiger partial charge in [-0.05, 0) is 6.42 Å².